The molecule has 0 aliphatic rings. The van der Waals surface area contributed by atoms with E-state index in [0.29, 0.717) is 5.65 Å². The zero-order valence-electron chi connectivity index (χ0n) is 9.84. The summed E-state index contributed by atoms with van der Waals surface area (Å²) in [6, 6.07) is 3.36. The van der Waals surface area contributed by atoms with Gasteiger partial charge in [0.25, 0.3) is 0 Å². The fourth-order valence-electron chi connectivity index (χ4n) is 1.69. The molecule has 0 aliphatic heterocycles. The van der Waals surface area contributed by atoms with E-state index in [2.05, 4.69) is 10.2 Å². The first-order valence-electron chi connectivity index (χ1n) is 5.21. The molecular weight excluding hydrogens is 238 g/mol. The number of carbonyl (C=O) groups is 1. The van der Waals surface area contributed by atoms with Crippen LogP contribution >= 0.6 is 11.8 Å². The normalized spacial score (nSPS) is 11.3. The number of aromatic nitrogens is 3. The number of carboxylic acids is 1. The minimum Gasteiger partial charge on any atom is -0.478 e. The molecule has 1 N–H and O–H groups in total. The van der Waals surface area contributed by atoms with Gasteiger partial charge in [-0.2, -0.15) is 0 Å². The van der Waals surface area contributed by atoms with Gasteiger partial charge in [0.15, 0.2) is 5.65 Å². The molecule has 2 aromatic rings. The first-order chi connectivity index (χ1) is 8.06. The molecule has 0 amide bonds. The highest BCUT2D eigenvalue weighted by molar-refractivity contribution is 7.98. The Bertz CT molecular complexity index is 577. The number of aromatic carboxylic acids is 1. The second-order valence-electron chi connectivity index (χ2n) is 3.97. The number of hydrogen-bond donors (Lipinski definition) is 1. The smallest absolute Gasteiger partial charge is 0.339 e. The van der Waals surface area contributed by atoms with Crippen LogP contribution in [-0.2, 0) is 0 Å². The number of pyridine rings is 1. The molecule has 0 atom stereocenters. The van der Waals surface area contributed by atoms with Crippen molar-refractivity contribution in [3.8, 4) is 0 Å². The summed E-state index contributed by atoms with van der Waals surface area (Å²) in [5.74, 6) is -0.00208. The maximum atomic E-state index is 11.1. The Morgan fingerprint density at radius 1 is 1.41 bits per heavy atom. The SMILES string of the molecule is CSc1ccc(C(=O)O)c2nnc(C(C)C)n12. The molecule has 5 nitrogen and oxygen atoms in total. The topological polar surface area (TPSA) is 67.5 Å². The monoisotopic (exact) mass is 251 g/mol. The Kier molecular flexibility index (Phi) is 3.06. The molecule has 0 radical (unpaired) electrons. The van der Waals surface area contributed by atoms with Gasteiger partial charge in [0.1, 0.15) is 11.4 Å². The first kappa shape index (κ1) is 11.9. The minimum absolute atomic E-state index is 0.183. The van der Waals surface area contributed by atoms with Gasteiger partial charge in [-0.25, -0.2) is 4.79 Å². The maximum Gasteiger partial charge on any atom is 0.339 e. The van der Waals surface area contributed by atoms with Crippen molar-refractivity contribution in [3.05, 3.63) is 23.5 Å². The zero-order chi connectivity index (χ0) is 12.6. The number of nitrogens with zero attached hydrogens (tertiary/aromatic N) is 3. The van der Waals surface area contributed by atoms with Crippen molar-refractivity contribution in [1.82, 2.24) is 14.6 Å². The average Bonchev–Trinajstić information content (AvgIpc) is 2.71. The van der Waals surface area contributed by atoms with Crippen LogP contribution < -0.4 is 0 Å². The largest absolute Gasteiger partial charge is 0.478 e. The van der Waals surface area contributed by atoms with Crippen LogP contribution in [0.3, 0.4) is 0 Å². The Morgan fingerprint density at radius 3 is 2.65 bits per heavy atom. The van der Waals surface area contributed by atoms with Crippen LogP contribution in [0.4, 0.5) is 0 Å². The average molecular weight is 251 g/mol. The fraction of sp³-hybridized carbons (Fsp3) is 0.364. The standard InChI is InChI=1S/C11H13N3O2S/c1-6(2)9-12-13-10-7(11(15)16)4-5-8(17-3)14(9)10/h4-6H,1-3H3,(H,15,16). The molecule has 2 heterocycles. The Morgan fingerprint density at radius 2 is 2.12 bits per heavy atom. The molecule has 6 heteroatoms. The third kappa shape index (κ3) is 1.88. The van der Waals surface area contributed by atoms with E-state index in [9.17, 15) is 4.79 Å². The lowest BCUT2D eigenvalue weighted by Gasteiger charge is -2.08. The van der Waals surface area contributed by atoms with Gasteiger partial charge in [0, 0.05) is 5.92 Å². The summed E-state index contributed by atoms with van der Waals surface area (Å²) in [6.07, 6.45) is 1.94. The van der Waals surface area contributed by atoms with Crippen molar-refractivity contribution in [3.63, 3.8) is 0 Å². The number of carboxylic acid groups (broad SMARTS) is 1. The number of fused-ring (bicyclic) bond motifs is 1. The van der Waals surface area contributed by atoms with Gasteiger partial charge in [-0.05, 0) is 18.4 Å². The molecule has 0 saturated heterocycles. The zero-order valence-corrected chi connectivity index (χ0v) is 10.7. The lowest BCUT2D eigenvalue weighted by molar-refractivity contribution is 0.0698. The third-order valence-electron chi connectivity index (χ3n) is 2.50. The highest BCUT2D eigenvalue weighted by Gasteiger charge is 2.18. The Labute approximate surface area is 103 Å². The van der Waals surface area contributed by atoms with Crippen LogP contribution in [0.15, 0.2) is 17.2 Å². The molecular formula is C11H13N3O2S. The molecule has 2 rings (SSSR count). The van der Waals surface area contributed by atoms with Crippen molar-refractivity contribution < 1.29 is 9.90 Å². The molecule has 0 aromatic carbocycles. The number of rotatable bonds is 3. The van der Waals surface area contributed by atoms with Crippen LogP contribution in [0, 0.1) is 0 Å². The summed E-state index contributed by atoms with van der Waals surface area (Å²) in [6.45, 7) is 4.02. The second kappa shape index (κ2) is 4.37. The predicted molar refractivity (Wildman–Crippen MR) is 65.8 cm³/mol. The highest BCUT2D eigenvalue weighted by Crippen LogP contribution is 2.24. The van der Waals surface area contributed by atoms with Crippen molar-refractivity contribution in [2.24, 2.45) is 0 Å². The van der Waals surface area contributed by atoms with Crippen LogP contribution in [0.25, 0.3) is 5.65 Å². The molecule has 90 valence electrons. The summed E-state index contributed by atoms with van der Waals surface area (Å²) in [7, 11) is 0. The Balaban J connectivity index is 2.82. The quantitative estimate of drug-likeness (QED) is 0.847. The second-order valence-corrected chi connectivity index (χ2v) is 4.79. The molecule has 2 aromatic heterocycles. The fourth-order valence-corrected chi connectivity index (χ4v) is 2.26. The van der Waals surface area contributed by atoms with Crippen molar-refractivity contribution in [2.45, 2.75) is 24.8 Å². The highest BCUT2D eigenvalue weighted by atomic mass is 32.2. The first-order valence-corrected chi connectivity index (χ1v) is 6.44. The van der Waals surface area contributed by atoms with E-state index >= 15 is 0 Å². The van der Waals surface area contributed by atoms with Gasteiger partial charge in [0.05, 0.1) is 5.03 Å². The van der Waals surface area contributed by atoms with E-state index in [1.54, 1.807) is 23.9 Å². The van der Waals surface area contributed by atoms with Gasteiger partial charge in [0.2, 0.25) is 0 Å². The number of hydrogen-bond acceptors (Lipinski definition) is 4. The summed E-state index contributed by atoms with van der Waals surface area (Å²) >= 11 is 1.54. The van der Waals surface area contributed by atoms with Gasteiger partial charge >= 0.3 is 5.97 Å². The van der Waals surface area contributed by atoms with E-state index in [-0.39, 0.29) is 11.5 Å². The van der Waals surface area contributed by atoms with E-state index in [0.717, 1.165) is 10.9 Å². The molecule has 0 saturated carbocycles. The van der Waals surface area contributed by atoms with Crippen LogP contribution in [0.2, 0.25) is 0 Å². The molecule has 0 fully saturated rings. The molecule has 0 bridgehead atoms. The van der Waals surface area contributed by atoms with E-state index in [4.69, 9.17) is 5.11 Å². The van der Waals surface area contributed by atoms with Gasteiger partial charge in [-0.1, -0.05) is 13.8 Å². The van der Waals surface area contributed by atoms with Gasteiger partial charge in [-0.3, -0.25) is 4.40 Å². The Hall–Kier alpha value is -1.56. The van der Waals surface area contributed by atoms with E-state index in [1.807, 2.05) is 24.5 Å². The van der Waals surface area contributed by atoms with Gasteiger partial charge < -0.3 is 5.11 Å². The molecule has 17 heavy (non-hydrogen) atoms. The minimum atomic E-state index is -0.981. The van der Waals surface area contributed by atoms with Gasteiger partial charge in [-0.15, -0.1) is 22.0 Å². The van der Waals surface area contributed by atoms with Crippen molar-refractivity contribution in [2.75, 3.05) is 6.26 Å². The summed E-state index contributed by atoms with van der Waals surface area (Å²) in [5, 5.41) is 18.1. The van der Waals surface area contributed by atoms with Crippen LogP contribution in [-0.4, -0.2) is 31.9 Å². The van der Waals surface area contributed by atoms with Crippen molar-refractivity contribution in [1.29, 1.82) is 0 Å². The summed E-state index contributed by atoms with van der Waals surface area (Å²) in [5.41, 5.74) is 0.593. The lowest BCUT2D eigenvalue weighted by atomic mass is 10.2. The third-order valence-corrected chi connectivity index (χ3v) is 3.23. The summed E-state index contributed by atoms with van der Waals surface area (Å²) < 4.78 is 1.82. The maximum absolute atomic E-state index is 11.1. The van der Waals surface area contributed by atoms with E-state index < -0.39 is 5.97 Å². The molecule has 0 aliphatic carbocycles. The number of thioether (sulfide) groups is 1. The van der Waals surface area contributed by atoms with Crippen LogP contribution in [0.1, 0.15) is 35.9 Å². The molecule has 0 spiro atoms. The van der Waals surface area contributed by atoms with E-state index in [1.165, 1.54) is 0 Å². The summed E-state index contributed by atoms with van der Waals surface area (Å²) in [4.78, 5) is 11.1. The predicted octanol–water partition coefficient (Wildman–Crippen LogP) is 2.27. The van der Waals surface area contributed by atoms with Crippen LogP contribution in [0.5, 0.6) is 0 Å². The lowest BCUT2D eigenvalue weighted by Crippen LogP contribution is -2.04. The molecule has 0 unspecified atom stereocenters. The van der Waals surface area contributed by atoms with Crippen molar-refractivity contribution >= 4 is 23.4 Å².